The summed E-state index contributed by atoms with van der Waals surface area (Å²) >= 11 is 1.55. The molecular formula is C24H28N2O3S. The first kappa shape index (κ1) is 20.8. The molecule has 0 spiro atoms. The summed E-state index contributed by atoms with van der Waals surface area (Å²) in [5.74, 6) is -0.496. The van der Waals surface area contributed by atoms with E-state index in [2.05, 4.69) is 18.0 Å². The average molecular weight is 425 g/mol. The minimum atomic E-state index is -0.330. The van der Waals surface area contributed by atoms with Gasteiger partial charge in [0.25, 0.3) is 0 Å². The van der Waals surface area contributed by atoms with Gasteiger partial charge in [0, 0.05) is 16.0 Å². The van der Waals surface area contributed by atoms with Crippen LogP contribution in [-0.4, -0.2) is 36.8 Å². The van der Waals surface area contributed by atoms with Crippen molar-refractivity contribution in [1.29, 1.82) is 0 Å². The number of ether oxygens (including phenoxy) is 1. The molecule has 0 unspecified atom stereocenters. The number of aryl methyl sites for hydroxylation is 2. The van der Waals surface area contributed by atoms with E-state index in [1.807, 2.05) is 32.0 Å². The van der Waals surface area contributed by atoms with Crippen molar-refractivity contribution in [3.05, 3.63) is 51.4 Å². The van der Waals surface area contributed by atoms with Crippen LogP contribution in [0.25, 0.3) is 0 Å². The molecule has 0 radical (unpaired) electrons. The van der Waals surface area contributed by atoms with Gasteiger partial charge in [0.15, 0.2) is 0 Å². The summed E-state index contributed by atoms with van der Waals surface area (Å²) in [5.41, 5.74) is 5.03. The van der Waals surface area contributed by atoms with Gasteiger partial charge in [0.1, 0.15) is 24.2 Å². The van der Waals surface area contributed by atoms with Crippen molar-refractivity contribution in [3.8, 4) is 0 Å². The van der Waals surface area contributed by atoms with Crippen molar-refractivity contribution in [2.75, 3.05) is 18.0 Å². The van der Waals surface area contributed by atoms with Crippen molar-refractivity contribution in [2.24, 2.45) is 4.99 Å². The number of rotatable bonds is 4. The van der Waals surface area contributed by atoms with E-state index in [1.54, 1.807) is 16.2 Å². The van der Waals surface area contributed by atoms with Crippen LogP contribution in [0, 0.1) is 20.8 Å². The zero-order valence-corrected chi connectivity index (χ0v) is 18.7. The number of carbonyl (C=O) groups excluding carboxylic acids is 2. The van der Waals surface area contributed by atoms with Crippen LogP contribution in [0.1, 0.15) is 59.2 Å². The van der Waals surface area contributed by atoms with Crippen molar-refractivity contribution in [2.45, 2.75) is 59.0 Å². The fourth-order valence-corrected chi connectivity index (χ4v) is 5.40. The predicted molar refractivity (Wildman–Crippen MR) is 121 cm³/mol. The van der Waals surface area contributed by atoms with Gasteiger partial charge in [-0.15, -0.1) is 11.3 Å². The molecule has 2 heterocycles. The zero-order chi connectivity index (χ0) is 21.3. The van der Waals surface area contributed by atoms with Crippen LogP contribution >= 0.6 is 11.3 Å². The first-order valence-corrected chi connectivity index (χ1v) is 11.5. The number of thiophene rings is 1. The number of nitrogens with zero attached hydrogens (tertiary/aromatic N) is 2. The summed E-state index contributed by atoms with van der Waals surface area (Å²) in [7, 11) is 0. The highest BCUT2D eigenvalue weighted by atomic mass is 32.1. The molecule has 1 aliphatic heterocycles. The maximum atomic E-state index is 13.0. The molecule has 1 fully saturated rings. The van der Waals surface area contributed by atoms with Gasteiger partial charge >= 0.3 is 5.97 Å². The number of hydrogen-bond donors (Lipinski definition) is 0. The molecule has 158 valence electrons. The molecule has 1 aromatic heterocycles. The Bertz CT molecular complexity index is 1000. The largest absolute Gasteiger partial charge is 0.461 e. The molecule has 0 atom stereocenters. The van der Waals surface area contributed by atoms with Gasteiger partial charge < -0.3 is 4.74 Å². The van der Waals surface area contributed by atoms with Crippen LogP contribution in [0.15, 0.2) is 29.3 Å². The zero-order valence-electron chi connectivity index (χ0n) is 17.9. The maximum absolute atomic E-state index is 13.0. The molecule has 2 aliphatic rings. The summed E-state index contributed by atoms with van der Waals surface area (Å²) in [6, 6.07) is 8.17. The van der Waals surface area contributed by atoms with Crippen LogP contribution < -0.4 is 4.90 Å². The third-order valence-electron chi connectivity index (χ3n) is 5.95. The highest BCUT2D eigenvalue weighted by Gasteiger charge is 2.31. The number of anilines is 1. The maximum Gasteiger partial charge on any atom is 0.326 e. The van der Waals surface area contributed by atoms with Gasteiger partial charge in [-0.1, -0.05) is 30.2 Å². The van der Waals surface area contributed by atoms with E-state index in [1.165, 1.54) is 6.42 Å². The number of aliphatic imine (C=N–C) groups is 1. The molecule has 5 nitrogen and oxygen atoms in total. The van der Waals surface area contributed by atoms with E-state index in [0.717, 1.165) is 63.5 Å². The van der Waals surface area contributed by atoms with Gasteiger partial charge in [-0.3, -0.25) is 19.5 Å². The second-order valence-corrected chi connectivity index (χ2v) is 9.43. The van der Waals surface area contributed by atoms with E-state index >= 15 is 0 Å². The molecule has 6 heteroatoms. The van der Waals surface area contributed by atoms with E-state index < -0.39 is 0 Å². The van der Waals surface area contributed by atoms with E-state index in [4.69, 9.17) is 4.74 Å². The molecule has 1 amide bonds. The molecule has 1 saturated carbocycles. The first-order chi connectivity index (χ1) is 14.4. The van der Waals surface area contributed by atoms with Crippen molar-refractivity contribution in [1.82, 2.24) is 0 Å². The number of amides is 1. The molecule has 1 aliphatic carbocycles. The Labute approximate surface area is 181 Å². The second kappa shape index (κ2) is 8.72. The number of hydrogen-bond acceptors (Lipinski definition) is 5. The highest BCUT2D eigenvalue weighted by Crippen LogP contribution is 2.38. The van der Waals surface area contributed by atoms with Gasteiger partial charge in [-0.2, -0.15) is 0 Å². The monoisotopic (exact) mass is 424 g/mol. The molecule has 0 N–H and O–H groups in total. The Morgan fingerprint density at radius 2 is 1.97 bits per heavy atom. The SMILES string of the molecule is Cc1cccc(C2=NCC(=O)N(CC(=O)OC3CCCCC3)c3sc(C)c(C)c32)c1. The average Bonchev–Trinajstić information content (AvgIpc) is 2.94. The molecular weight excluding hydrogens is 396 g/mol. The number of benzene rings is 1. The Kier molecular flexibility index (Phi) is 6.04. The molecule has 1 aromatic carbocycles. The van der Waals surface area contributed by atoms with Crippen molar-refractivity contribution < 1.29 is 14.3 Å². The molecule has 4 rings (SSSR count). The highest BCUT2D eigenvalue weighted by molar-refractivity contribution is 7.17. The first-order valence-electron chi connectivity index (χ1n) is 10.7. The lowest BCUT2D eigenvalue weighted by atomic mass is 9.98. The third kappa shape index (κ3) is 4.19. The number of esters is 1. The third-order valence-corrected chi connectivity index (χ3v) is 7.18. The van der Waals surface area contributed by atoms with E-state index in [9.17, 15) is 9.59 Å². The molecule has 30 heavy (non-hydrogen) atoms. The lowest BCUT2D eigenvalue weighted by Gasteiger charge is -2.24. The molecule has 0 bridgehead atoms. The van der Waals surface area contributed by atoms with Gasteiger partial charge in [0.2, 0.25) is 5.91 Å². The van der Waals surface area contributed by atoms with Gasteiger partial charge in [-0.25, -0.2) is 0 Å². The predicted octanol–water partition coefficient (Wildman–Crippen LogP) is 4.73. The van der Waals surface area contributed by atoms with Crippen LogP contribution in [0.4, 0.5) is 5.00 Å². The Morgan fingerprint density at radius 1 is 1.20 bits per heavy atom. The van der Waals surface area contributed by atoms with Crippen molar-refractivity contribution in [3.63, 3.8) is 0 Å². The lowest BCUT2D eigenvalue weighted by molar-refractivity contribution is -0.149. The number of fused-ring (bicyclic) bond motifs is 1. The van der Waals surface area contributed by atoms with Crippen LogP contribution in [0.3, 0.4) is 0 Å². The normalized spacial score (nSPS) is 17.4. The van der Waals surface area contributed by atoms with Gasteiger partial charge in [0.05, 0.1) is 5.71 Å². The number of carbonyl (C=O) groups is 2. The minimum Gasteiger partial charge on any atom is -0.461 e. The summed E-state index contributed by atoms with van der Waals surface area (Å²) in [4.78, 5) is 33.1. The van der Waals surface area contributed by atoms with Crippen LogP contribution in [0.2, 0.25) is 0 Å². The van der Waals surface area contributed by atoms with Gasteiger partial charge in [-0.05, 0) is 58.1 Å². The summed E-state index contributed by atoms with van der Waals surface area (Å²) in [6.45, 7) is 6.13. The summed E-state index contributed by atoms with van der Waals surface area (Å²) in [6.07, 6.45) is 5.22. The quantitative estimate of drug-likeness (QED) is 0.667. The minimum absolute atomic E-state index is 0.0151. The topological polar surface area (TPSA) is 59.0 Å². The smallest absolute Gasteiger partial charge is 0.326 e. The lowest BCUT2D eigenvalue weighted by Crippen LogP contribution is -2.38. The molecule has 2 aromatic rings. The summed E-state index contributed by atoms with van der Waals surface area (Å²) < 4.78 is 5.70. The Morgan fingerprint density at radius 3 is 2.70 bits per heavy atom. The van der Waals surface area contributed by atoms with E-state index in [-0.39, 0.29) is 31.1 Å². The standard InChI is InChI=1S/C24H28N2O3S/c1-15-8-7-9-18(12-15)23-22-16(2)17(3)30-24(22)26(20(27)13-25-23)14-21(28)29-19-10-5-4-6-11-19/h7-9,12,19H,4-6,10-11,13-14H2,1-3H3. The Hall–Kier alpha value is -2.47. The fourth-order valence-electron chi connectivity index (χ4n) is 4.23. The summed E-state index contributed by atoms with van der Waals surface area (Å²) in [5, 5.41) is 0.799. The van der Waals surface area contributed by atoms with E-state index in [0.29, 0.717) is 0 Å². The molecule has 0 saturated heterocycles. The Balaban J connectivity index is 1.66. The van der Waals surface area contributed by atoms with Crippen LogP contribution in [0.5, 0.6) is 0 Å². The fraction of sp³-hybridized carbons (Fsp3) is 0.458. The van der Waals surface area contributed by atoms with Crippen molar-refractivity contribution >= 4 is 33.9 Å². The second-order valence-electron chi connectivity index (χ2n) is 8.23. The van der Waals surface area contributed by atoms with Crippen LogP contribution in [-0.2, 0) is 14.3 Å².